The summed E-state index contributed by atoms with van der Waals surface area (Å²) in [5, 5.41) is 3.01. The number of hydrogen-bond acceptors (Lipinski definition) is 4. The molecule has 0 spiro atoms. The number of anilines is 1. The molecule has 1 amide bonds. The summed E-state index contributed by atoms with van der Waals surface area (Å²) >= 11 is 0. The lowest BCUT2D eigenvalue weighted by Crippen LogP contribution is -2.28. The fourth-order valence-corrected chi connectivity index (χ4v) is 3.25. The fraction of sp³-hybridized carbons (Fsp3) is 0.316. The number of hydrogen-bond donors (Lipinski definition) is 2. The van der Waals surface area contributed by atoms with Gasteiger partial charge in [0, 0.05) is 5.56 Å². The van der Waals surface area contributed by atoms with Crippen LogP contribution in [-0.2, 0) is 10.0 Å². The number of benzene rings is 2. The van der Waals surface area contributed by atoms with Crippen LogP contribution in [-0.4, -0.2) is 27.7 Å². The van der Waals surface area contributed by atoms with Crippen molar-refractivity contribution in [2.24, 2.45) is 0 Å². The van der Waals surface area contributed by atoms with Crippen LogP contribution in [0.2, 0.25) is 0 Å². The molecule has 6 nitrogen and oxygen atoms in total. The van der Waals surface area contributed by atoms with Gasteiger partial charge in [-0.15, -0.1) is 0 Å². The molecule has 26 heavy (non-hydrogen) atoms. The molecule has 0 unspecified atom stereocenters. The monoisotopic (exact) mass is 376 g/mol. The Balaban J connectivity index is 2.15. The molecule has 1 atom stereocenters. The van der Waals surface area contributed by atoms with Gasteiger partial charge in [-0.25, -0.2) is 8.42 Å². The third-order valence-electron chi connectivity index (χ3n) is 4.02. The maximum Gasteiger partial charge on any atom is 0.251 e. The topological polar surface area (TPSA) is 84.5 Å². The number of nitrogens with one attached hydrogen (secondary N) is 2. The Bertz CT molecular complexity index is 877. The predicted octanol–water partition coefficient (Wildman–Crippen LogP) is 3.26. The molecular formula is C19H24N2O4S. The van der Waals surface area contributed by atoms with Crippen molar-refractivity contribution in [3.05, 3.63) is 59.2 Å². The highest BCUT2D eigenvalue weighted by atomic mass is 32.2. The van der Waals surface area contributed by atoms with Crippen LogP contribution in [0.15, 0.2) is 42.5 Å². The summed E-state index contributed by atoms with van der Waals surface area (Å²) in [5.74, 6) is 0.557. The summed E-state index contributed by atoms with van der Waals surface area (Å²) in [5.41, 5.74) is 2.62. The van der Waals surface area contributed by atoms with Crippen LogP contribution in [0.5, 0.6) is 5.75 Å². The standard InChI is InChI=1S/C19H24N2O4S/c1-5-17(14-6-9-16(25-3)10-7-14)20-19(22)15-8-11-18(13(2)12-15)21-26(4,23)24/h6-12,17,21H,5H2,1-4H3,(H,20,22)/t17-/m1/s1. The molecule has 0 heterocycles. The molecule has 0 saturated heterocycles. The SMILES string of the molecule is CC[C@@H](NC(=O)c1ccc(NS(C)(=O)=O)c(C)c1)c1ccc(OC)cc1. The van der Waals surface area contributed by atoms with Crippen LogP contribution in [0.1, 0.15) is 40.9 Å². The number of rotatable bonds is 7. The van der Waals surface area contributed by atoms with E-state index in [-0.39, 0.29) is 11.9 Å². The molecule has 2 N–H and O–H groups in total. The largest absolute Gasteiger partial charge is 0.497 e. The van der Waals surface area contributed by atoms with E-state index in [2.05, 4.69) is 10.0 Å². The van der Waals surface area contributed by atoms with Crippen LogP contribution < -0.4 is 14.8 Å². The van der Waals surface area contributed by atoms with E-state index in [1.54, 1.807) is 32.2 Å². The van der Waals surface area contributed by atoms with Crippen molar-refractivity contribution < 1.29 is 17.9 Å². The lowest BCUT2D eigenvalue weighted by Gasteiger charge is -2.18. The van der Waals surface area contributed by atoms with Gasteiger partial charge in [-0.05, 0) is 54.8 Å². The van der Waals surface area contributed by atoms with Crippen LogP contribution in [0, 0.1) is 6.92 Å². The van der Waals surface area contributed by atoms with Crippen molar-refractivity contribution in [1.29, 1.82) is 0 Å². The van der Waals surface area contributed by atoms with Crippen LogP contribution >= 0.6 is 0 Å². The number of aryl methyl sites for hydroxylation is 1. The number of sulfonamides is 1. The molecule has 0 radical (unpaired) electrons. The van der Waals surface area contributed by atoms with Gasteiger partial charge in [0.25, 0.3) is 5.91 Å². The molecular weight excluding hydrogens is 352 g/mol. The van der Waals surface area contributed by atoms with E-state index in [0.29, 0.717) is 16.8 Å². The van der Waals surface area contributed by atoms with E-state index in [4.69, 9.17) is 4.74 Å². The van der Waals surface area contributed by atoms with E-state index >= 15 is 0 Å². The summed E-state index contributed by atoms with van der Waals surface area (Å²) < 4.78 is 30.3. The Hall–Kier alpha value is -2.54. The molecule has 0 saturated carbocycles. The van der Waals surface area contributed by atoms with Gasteiger partial charge in [0.15, 0.2) is 0 Å². The van der Waals surface area contributed by atoms with E-state index in [1.807, 2.05) is 31.2 Å². The second-order valence-corrected chi connectivity index (χ2v) is 7.86. The first-order valence-corrected chi connectivity index (χ1v) is 10.2. The van der Waals surface area contributed by atoms with Crippen molar-refractivity contribution in [2.45, 2.75) is 26.3 Å². The van der Waals surface area contributed by atoms with Gasteiger partial charge < -0.3 is 10.1 Å². The number of methoxy groups -OCH3 is 1. The van der Waals surface area contributed by atoms with Gasteiger partial charge in [-0.2, -0.15) is 0 Å². The minimum atomic E-state index is -3.36. The third kappa shape index (κ3) is 5.23. The average Bonchev–Trinajstić information content (AvgIpc) is 2.60. The molecule has 140 valence electrons. The maximum absolute atomic E-state index is 12.6. The zero-order valence-corrected chi connectivity index (χ0v) is 16.2. The minimum Gasteiger partial charge on any atom is -0.497 e. The molecule has 0 bridgehead atoms. The van der Waals surface area contributed by atoms with E-state index in [1.165, 1.54) is 0 Å². The van der Waals surface area contributed by atoms with Gasteiger partial charge in [-0.3, -0.25) is 9.52 Å². The van der Waals surface area contributed by atoms with Crippen molar-refractivity contribution in [1.82, 2.24) is 5.32 Å². The number of carbonyl (C=O) groups excluding carboxylic acids is 1. The number of ether oxygens (including phenoxy) is 1. The Morgan fingerprint density at radius 3 is 2.31 bits per heavy atom. The lowest BCUT2D eigenvalue weighted by molar-refractivity contribution is 0.0935. The molecule has 2 aromatic carbocycles. The first-order valence-electron chi connectivity index (χ1n) is 8.26. The Morgan fingerprint density at radius 2 is 1.81 bits per heavy atom. The summed E-state index contributed by atoms with van der Waals surface area (Å²) in [6.07, 6.45) is 1.83. The Labute approximate surface area is 154 Å². The van der Waals surface area contributed by atoms with E-state index < -0.39 is 10.0 Å². The molecule has 0 aromatic heterocycles. The van der Waals surface area contributed by atoms with Crippen molar-refractivity contribution in [3.8, 4) is 5.75 Å². The van der Waals surface area contributed by atoms with E-state index in [9.17, 15) is 13.2 Å². The first-order chi connectivity index (χ1) is 12.2. The van der Waals surface area contributed by atoms with E-state index in [0.717, 1.165) is 24.0 Å². The quantitative estimate of drug-likeness (QED) is 0.777. The molecule has 2 rings (SSSR count). The first kappa shape index (κ1) is 19.8. The molecule has 0 aliphatic heterocycles. The van der Waals surface area contributed by atoms with Crippen molar-refractivity contribution in [3.63, 3.8) is 0 Å². The average molecular weight is 376 g/mol. The summed E-state index contributed by atoms with van der Waals surface area (Å²) in [4.78, 5) is 12.6. The summed E-state index contributed by atoms with van der Waals surface area (Å²) in [7, 11) is -1.75. The lowest BCUT2D eigenvalue weighted by atomic mass is 10.0. The molecule has 0 fully saturated rings. The predicted molar refractivity (Wildman–Crippen MR) is 103 cm³/mol. The second-order valence-electron chi connectivity index (χ2n) is 6.11. The zero-order valence-electron chi connectivity index (χ0n) is 15.4. The Morgan fingerprint density at radius 1 is 1.15 bits per heavy atom. The van der Waals surface area contributed by atoms with Gasteiger partial charge in [0.05, 0.1) is 25.1 Å². The molecule has 0 aliphatic rings. The second kappa shape index (κ2) is 8.23. The van der Waals surface area contributed by atoms with Crippen LogP contribution in [0.3, 0.4) is 0 Å². The smallest absolute Gasteiger partial charge is 0.251 e. The van der Waals surface area contributed by atoms with Gasteiger partial charge in [-0.1, -0.05) is 19.1 Å². The zero-order chi connectivity index (χ0) is 19.3. The van der Waals surface area contributed by atoms with Gasteiger partial charge in [0.2, 0.25) is 10.0 Å². The highest BCUT2D eigenvalue weighted by Crippen LogP contribution is 2.22. The van der Waals surface area contributed by atoms with Crippen molar-refractivity contribution in [2.75, 3.05) is 18.1 Å². The normalized spacial score (nSPS) is 12.3. The summed E-state index contributed by atoms with van der Waals surface area (Å²) in [6.45, 7) is 3.75. The van der Waals surface area contributed by atoms with Crippen molar-refractivity contribution >= 4 is 21.6 Å². The maximum atomic E-state index is 12.6. The Kier molecular flexibility index (Phi) is 6.26. The molecule has 0 aliphatic carbocycles. The summed E-state index contributed by atoms with van der Waals surface area (Å²) in [6, 6.07) is 12.3. The minimum absolute atomic E-state index is 0.123. The highest BCUT2D eigenvalue weighted by molar-refractivity contribution is 7.92. The van der Waals surface area contributed by atoms with Gasteiger partial charge >= 0.3 is 0 Å². The molecule has 7 heteroatoms. The number of amides is 1. The number of carbonyl (C=O) groups is 1. The van der Waals surface area contributed by atoms with Crippen LogP contribution in [0.25, 0.3) is 0 Å². The van der Waals surface area contributed by atoms with Gasteiger partial charge in [0.1, 0.15) is 5.75 Å². The molecule has 2 aromatic rings. The highest BCUT2D eigenvalue weighted by Gasteiger charge is 2.15. The van der Waals surface area contributed by atoms with Crippen LogP contribution in [0.4, 0.5) is 5.69 Å². The fourth-order valence-electron chi connectivity index (χ4n) is 2.62. The third-order valence-corrected chi connectivity index (χ3v) is 4.61.